The maximum Gasteiger partial charge on any atom is 0.237 e. The van der Waals surface area contributed by atoms with Crippen LogP contribution in [0.4, 0.5) is 0 Å². The van der Waals surface area contributed by atoms with E-state index in [1.54, 1.807) is 6.92 Å². The minimum absolute atomic E-state index is 0.0223. The molecule has 1 aliphatic rings. The van der Waals surface area contributed by atoms with Crippen LogP contribution in [0.15, 0.2) is 0 Å². The standard InChI is InChI=1S/C7H9NO3/c1-2-6(10)8-4-5(9)3-7(8)11/h2-4H2,1H3. The van der Waals surface area contributed by atoms with E-state index < -0.39 is 0 Å². The van der Waals surface area contributed by atoms with Crippen molar-refractivity contribution in [2.45, 2.75) is 19.8 Å². The summed E-state index contributed by atoms with van der Waals surface area (Å²) in [5, 5.41) is 0. The Morgan fingerprint density at radius 3 is 2.55 bits per heavy atom. The molecule has 1 aliphatic heterocycles. The highest BCUT2D eigenvalue weighted by Crippen LogP contribution is 2.07. The first-order valence-electron chi connectivity index (χ1n) is 3.50. The molecule has 4 nitrogen and oxygen atoms in total. The van der Waals surface area contributed by atoms with Gasteiger partial charge >= 0.3 is 0 Å². The molecule has 0 saturated carbocycles. The zero-order chi connectivity index (χ0) is 8.43. The maximum absolute atomic E-state index is 10.9. The highest BCUT2D eigenvalue weighted by molar-refractivity contribution is 6.12. The van der Waals surface area contributed by atoms with Gasteiger partial charge in [0.2, 0.25) is 11.8 Å². The van der Waals surface area contributed by atoms with Crippen LogP contribution in [0.2, 0.25) is 0 Å². The predicted octanol–water partition coefficient (Wildman–Crippen LogP) is -0.276. The van der Waals surface area contributed by atoms with Crippen molar-refractivity contribution in [2.24, 2.45) is 0 Å². The van der Waals surface area contributed by atoms with E-state index in [1.165, 1.54) is 0 Å². The molecule has 11 heavy (non-hydrogen) atoms. The number of rotatable bonds is 1. The molecular formula is C7H9NO3. The largest absolute Gasteiger partial charge is 0.297 e. The van der Waals surface area contributed by atoms with Crippen LogP contribution in [0.1, 0.15) is 19.8 Å². The molecule has 0 spiro atoms. The Hall–Kier alpha value is -1.19. The van der Waals surface area contributed by atoms with Crippen LogP contribution in [0, 0.1) is 0 Å². The van der Waals surface area contributed by atoms with Crippen molar-refractivity contribution in [3.63, 3.8) is 0 Å². The van der Waals surface area contributed by atoms with Gasteiger partial charge in [0.25, 0.3) is 0 Å². The van der Waals surface area contributed by atoms with Crippen LogP contribution < -0.4 is 0 Å². The molecule has 0 aromatic rings. The fourth-order valence-corrected chi connectivity index (χ4v) is 1.00. The van der Waals surface area contributed by atoms with Crippen LogP contribution >= 0.6 is 0 Å². The third-order valence-electron chi connectivity index (χ3n) is 1.59. The average molecular weight is 155 g/mol. The summed E-state index contributed by atoms with van der Waals surface area (Å²) in [5.41, 5.74) is 0. The number of carbonyl (C=O) groups is 3. The second-order valence-electron chi connectivity index (χ2n) is 2.44. The molecule has 1 fully saturated rings. The molecular weight excluding hydrogens is 146 g/mol. The van der Waals surface area contributed by atoms with E-state index in [-0.39, 0.29) is 37.0 Å². The number of likely N-dealkylation sites (tertiary alicyclic amines) is 1. The molecule has 0 N–H and O–H groups in total. The lowest BCUT2D eigenvalue weighted by molar-refractivity contribution is -0.141. The molecule has 0 aliphatic carbocycles. The summed E-state index contributed by atoms with van der Waals surface area (Å²) >= 11 is 0. The van der Waals surface area contributed by atoms with Gasteiger partial charge < -0.3 is 0 Å². The lowest BCUT2D eigenvalue weighted by Crippen LogP contribution is -2.31. The summed E-state index contributed by atoms with van der Waals surface area (Å²) in [5.74, 6) is -0.792. The highest BCUT2D eigenvalue weighted by Gasteiger charge is 2.30. The number of carbonyl (C=O) groups excluding carboxylic acids is 3. The summed E-state index contributed by atoms with van der Waals surface area (Å²) in [4.78, 5) is 33.5. The van der Waals surface area contributed by atoms with E-state index in [1.807, 2.05) is 0 Å². The molecule has 0 bridgehead atoms. The van der Waals surface area contributed by atoms with Gasteiger partial charge in [0.1, 0.15) is 0 Å². The smallest absolute Gasteiger partial charge is 0.237 e. The third-order valence-corrected chi connectivity index (χ3v) is 1.59. The van der Waals surface area contributed by atoms with E-state index in [9.17, 15) is 14.4 Å². The second kappa shape index (κ2) is 2.82. The monoisotopic (exact) mass is 155 g/mol. The predicted molar refractivity (Wildman–Crippen MR) is 36.6 cm³/mol. The Kier molecular flexibility index (Phi) is 2.03. The average Bonchev–Trinajstić information content (AvgIpc) is 2.28. The van der Waals surface area contributed by atoms with Crippen molar-refractivity contribution >= 4 is 17.6 Å². The van der Waals surface area contributed by atoms with Crippen LogP contribution in [0.3, 0.4) is 0 Å². The first-order chi connectivity index (χ1) is 5.15. The summed E-state index contributed by atoms with van der Waals surface area (Å²) < 4.78 is 0. The normalized spacial score (nSPS) is 17.7. The van der Waals surface area contributed by atoms with Gasteiger partial charge in [0, 0.05) is 6.42 Å². The lowest BCUT2D eigenvalue weighted by Gasteiger charge is -2.09. The lowest BCUT2D eigenvalue weighted by atomic mass is 10.3. The molecule has 0 atom stereocenters. The number of amides is 2. The van der Waals surface area contributed by atoms with E-state index in [0.29, 0.717) is 0 Å². The summed E-state index contributed by atoms with van der Waals surface area (Å²) in [6.07, 6.45) is 0.171. The number of nitrogens with zero attached hydrogens (tertiary/aromatic N) is 1. The fourth-order valence-electron chi connectivity index (χ4n) is 1.00. The molecule has 2 amide bonds. The van der Waals surface area contributed by atoms with Crippen molar-refractivity contribution < 1.29 is 14.4 Å². The van der Waals surface area contributed by atoms with Gasteiger partial charge in [-0.3, -0.25) is 19.3 Å². The Labute approximate surface area is 64.2 Å². The molecule has 0 aromatic carbocycles. The van der Waals surface area contributed by atoms with Gasteiger partial charge in [-0.1, -0.05) is 6.92 Å². The first-order valence-corrected chi connectivity index (χ1v) is 3.50. The minimum Gasteiger partial charge on any atom is -0.297 e. The van der Waals surface area contributed by atoms with Gasteiger partial charge in [-0.05, 0) is 0 Å². The van der Waals surface area contributed by atoms with Crippen LogP contribution in [-0.2, 0) is 14.4 Å². The van der Waals surface area contributed by atoms with Gasteiger partial charge in [-0.15, -0.1) is 0 Å². The highest BCUT2D eigenvalue weighted by atomic mass is 16.2. The number of hydrogen-bond donors (Lipinski definition) is 0. The fraction of sp³-hybridized carbons (Fsp3) is 0.571. The summed E-state index contributed by atoms with van der Waals surface area (Å²) in [6.45, 7) is 1.64. The zero-order valence-electron chi connectivity index (χ0n) is 6.29. The summed E-state index contributed by atoms with van der Waals surface area (Å²) in [7, 11) is 0. The molecule has 0 radical (unpaired) electrons. The molecule has 1 saturated heterocycles. The molecule has 0 unspecified atom stereocenters. The molecule has 0 aromatic heterocycles. The van der Waals surface area contributed by atoms with Crippen molar-refractivity contribution in [1.82, 2.24) is 4.90 Å². The van der Waals surface area contributed by atoms with E-state index >= 15 is 0 Å². The topological polar surface area (TPSA) is 54.5 Å². The molecule has 60 valence electrons. The quantitative estimate of drug-likeness (QED) is 0.489. The number of hydrogen-bond acceptors (Lipinski definition) is 3. The van der Waals surface area contributed by atoms with Crippen molar-refractivity contribution in [2.75, 3.05) is 6.54 Å². The van der Waals surface area contributed by atoms with Gasteiger partial charge in [-0.2, -0.15) is 0 Å². The Morgan fingerprint density at radius 1 is 1.55 bits per heavy atom. The molecule has 1 rings (SSSR count). The summed E-state index contributed by atoms with van der Waals surface area (Å²) in [6, 6.07) is 0. The van der Waals surface area contributed by atoms with Crippen molar-refractivity contribution in [3.05, 3.63) is 0 Å². The van der Waals surface area contributed by atoms with Crippen LogP contribution in [0.5, 0.6) is 0 Å². The third kappa shape index (κ3) is 1.45. The second-order valence-corrected chi connectivity index (χ2v) is 2.44. The van der Waals surface area contributed by atoms with Crippen molar-refractivity contribution in [3.8, 4) is 0 Å². The van der Waals surface area contributed by atoms with E-state index in [0.717, 1.165) is 4.90 Å². The molecule has 4 heteroatoms. The van der Waals surface area contributed by atoms with E-state index in [2.05, 4.69) is 0 Å². The van der Waals surface area contributed by atoms with Crippen molar-refractivity contribution in [1.29, 1.82) is 0 Å². The Morgan fingerprint density at radius 2 is 2.18 bits per heavy atom. The zero-order valence-corrected chi connectivity index (χ0v) is 6.29. The maximum atomic E-state index is 10.9. The SMILES string of the molecule is CCC(=O)N1CC(=O)CC1=O. The van der Waals surface area contributed by atoms with Crippen LogP contribution in [0.25, 0.3) is 0 Å². The Bertz CT molecular complexity index is 222. The minimum atomic E-state index is -0.359. The van der Waals surface area contributed by atoms with Gasteiger partial charge in [0.05, 0.1) is 13.0 Å². The van der Waals surface area contributed by atoms with Gasteiger partial charge in [-0.25, -0.2) is 0 Å². The number of imide groups is 1. The number of ketones is 1. The number of Topliss-reactive ketones (excluding diaryl/α,β-unsaturated/α-hetero) is 1. The van der Waals surface area contributed by atoms with Gasteiger partial charge in [0.15, 0.2) is 5.78 Å². The van der Waals surface area contributed by atoms with Crippen LogP contribution in [-0.4, -0.2) is 29.0 Å². The Balaban J connectivity index is 2.67. The van der Waals surface area contributed by atoms with E-state index in [4.69, 9.17) is 0 Å². The molecule has 1 heterocycles. The first kappa shape index (κ1) is 7.91.